The summed E-state index contributed by atoms with van der Waals surface area (Å²) in [7, 11) is 1.59. The van der Waals surface area contributed by atoms with E-state index in [1.807, 2.05) is 54.6 Å². The van der Waals surface area contributed by atoms with Gasteiger partial charge in [0, 0.05) is 5.56 Å². The quantitative estimate of drug-likeness (QED) is 0.288. The predicted octanol–water partition coefficient (Wildman–Crippen LogP) is 6.03. The van der Waals surface area contributed by atoms with Gasteiger partial charge in [0.25, 0.3) is 11.5 Å². The van der Waals surface area contributed by atoms with E-state index < -0.39 is 5.91 Å². The Labute approximate surface area is 220 Å². The van der Waals surface area contributed by atoms with Gasteiger partial charge in [-0.25, -0.2) is 9.97 Å². The summed E-state index contributed by atoms with van der Waals surface area (Å²) in [6.45, 7) is 0. The van der Waals surface area contributed by atoms with Crippen molar-refractivity contribution in [2.45, 2.75) is 0 Å². The van der Waals surface area contributed by atoms with Crippen molar-refractivity contribution in [2.75, 3.05) is 12.4 Å². The number of fused-ring (bicyclic) bond motifs is 1. The Morgan fingerprint density at radius 2 is 1.68 bits per heavy atom. The number of methoxy groups -OCH3 is 1. The molecule has 0 aliphatic rings. The van der Waals surface area contributed by atoms with E-state index in [2.05, 4.69) is 5.32 Å². The second kappa shape index (κ2) is 9.79. The Kier molecular flexibility index (Phi) is 6.03. The van der Waals surface area contributed by atoms with E-state index in [9.17, 15) is 9.59 Å². The van der Waals surface area contributed by atoms with E-state index in [-0.39, 0.29) is 11.3 Å². The standard InChI is InChI=1S/C29H20N4O4S/c1-36-20-15-13-19(14-16-20)33-26(30-22-11-6-5-10-21(22)28(33)35)25-24(18-8-3-2-4-9-18)31-29(38-25)32-27(34)23-12-7-17-37-23/h2-17H,1H3,(H,31,32,34). The lowest BCUT2D eigenvalue weighted by Crippen LogP contribution is -2.21. The number of para-hydroxylation sites is 1. The molecule has 0 atom stereocenters. The largest absolute Gasteiger partial charge is 0.497 e. The number of nitrogens with one attached hydrogen (secondary N) is 1. The normalized spacial score (nSPS) is 11.0. The van der Waals surface area contributed by atoms with Gasteiger partial charge < -0.3 is 9.15 Å². The van der Waals surface area contributed by atoms with Crippen molar-refractivity contribution >= 4 is 33.3 Å². The molecule has 1 amide bonds. The molecule has 0 aliphatic carbocycles. The van der Waals surface area contributed by atoms with Crippen LogP contribution in [0.5, 0.6) is 5.75 Å². The molecule has 3 aromatic carbocycles. The molecule has 0 aliphatic heterocycles. The Hall–Kier alpha value is -5.02. The summed E-state index contributed by atoms with van der Waals surface area (Å²) in [6, 6.07) is 27.2. The predicted molar refractivity (Wildman–Crippen MR) is 147 cm³/mol. The summed E-state index contributed by atoms with van der Waals surface area (Å²) < 4.78 is 12.1. The molecule has 0 spiro atoms. The number of anilines is 1. The molecule has 9 heteroatoms. The number of amides is 1. The van der Waals surface area contributed by atoms with Gasteiger partial charge in [-0.1, -0.05) is 53.8 Å². The summed E-state index contributed by atoms with van der Waals surface area (Å²) in [5.74, 6) is 0.826. The number of carbonyl (C=O) groups excluding carboxylic acids is 1. The van der Waals surface area contributed by atoms with Crippen molar-refractivity contribution in [3.63, 3.8) is 0 Å². The van der Waals surface area contributed by atoms with Crippen LogP contribution in [0.4, 0.5) is 5.13 Å². The molecule has 3 heterocycles. The number of benzene rings is 3. The first-order valence-electron chi connectivity index (χ1n) is 11.7. The third-order valence-corrected chi connectivity index (χ3v) is 6.92. The first kappa shape index (κ1) is 23.4. The number of furan rings is 1. The molecule has 1 N–H and O–H groups in total. The van der Waals surface area contributed by atoms with Crippen LogP contribution in [0.15, 0.2) is 106 Å². The lowest BCUT2D eigenvalue weighted by atomic mass is 10.1. The molecule has 8 nitrogen and oxygen atoms in total. The second-order valence-electron chi connectivity index (χ2n) is 8.29. The zero-order valence-corrected chi connectivity index (χ0v) is 20.9. The van der Waals surface area contributed by atoms with Crippen molar-refractivity contribution in [3.05, 3.63) is 113 Å². The molecule has 6 rings (SSSR count). The summed E-state index contributed by atoms with van der Waals surface area (Å²) in [5, 5.41) is 3.65. The fourth-order valence-corrected chi connectivity index (χ4v) is 5.10. The number of hydrogen-bond acceptors (Lipinski definition) is 7. The van der Waals surface area contributed by atoms with E-state index in [1.165, 1.54) is 17.6 Å². The molecule has 6 aromatic rings. The molecular weight excluding hydrogens is 500 g/mol. The van der Waals surface area contributed by atoms with Crippen LogP contribution >= 0.6 is 11.3 Å². The Bertz CT molecular complexity index is 1810. The molecule has 0 fully saturated rings. The molecule has 3 aromatic heterocycles. The number of hydrogen-bond donors (Lipinski definition) is 1. The topological polar surface area (TPSA) is 99.2 Å². The number of ether oxygens (including phenoxy) is 1. The smallest absolute Gasteiger partial charge is 0.293 e. The van der Waals surface area contributed by atoms with Crippen LogP contribution in [-0.2, 0) is 0 Å². The molecule has 0 saturated heterocycles. The first-order chi connectivity index (χ1) is 18.6. The number of thiazole rings is 1. The average Bonchev–Trinajstić information content (AvgIpc) is 3.65. The molecular formula is C29H20N4O4S. The first-order valence-corrected chi connectivity index (χ1v) is 12.5. The Morgan fingerprint density at radius 3 is 2.42 bits per heavy atom. The third kappa shape index (κ3) is 4.25. The van der Waals surface area contributed by atoms with Crippen LogP contribution in [0.25, 0.3) is 38.5 Å². The third-order valence-electron chi connectivity index (χ3n) is 5.95. The highest BCUT2D eigenvalue weighted by atomic mass is 32.1. The summed E-state index contributed by atoms with van der Waals surface area (Å²) >= 11 is 1.24. The zero-order valence-electron chi connectivity index (χ0n) is 20.1. The van der Waals surface area contributed by atoms with Crippen molar-refractivity contribution in [1.29, 1.82) is 0 Å². The van der Waals surface area contributed by atoms with Crippen LogP contribution in [0.2, 0.25) is 0 Å². The van der Waals surface area contributed by atoms with Crippen molar-refractivity contribution in [3.8, 4) is 33.4 Å². The van der Waals surface area contributed by atoms with E-state index in [0.717, 1.165) is 5.56 Å². The maximum absolute atomic E-state index is 13.9. The number of nitrogens with zero attached hydrogens (tertiary/aromatic N) is 3. The van der Waals surface area contributed by atoms with Crippen LogP contribution in [0.3, 0.4) is 0 Å². The van der Waals surface area contributed by atoms with Gasteiger partial charge >= 0.3 is 0 Å². The van der Waals surface area contributed by atoms with Crippen LogP contribution < -0.4 is 15.6 Å². The van der Waals surface area contributed by atoms with E-state index in [4.69, 9.17) is 19.1 Å². The highest BCUT2D eigenvalue weighted by molar-refractivity contribution is 7.19. The van der Waals surface area contributed by atoms with Gasteiger partial charge in [-0.2, -0.15) is 0 Å². The fourth-order valence-electron chi connectivity index (χ4n) is 4.14. The van der Waals surface area contributed by atoms with Gasteiger partial charge in [-0.05, 0) is 48.5 Å². The minimum atomic E-state index is -0.422. The number of aromatic nitrogens is 3. The minimum absolute atomic E-state index is 0.169. The molecule has 186 valence electrons. The molecule has 38 heavy (non-hydrogen) atoms. The maximum atomic E-state index is 13.9. The van der Waals surface area contributed by atoms with Gasteiger partial charge in [0.05, 0.1) is 35.7 Å². The fraction of sp³-hybridized carbons (Fsp3) is 0.0345. The average molecular weight is 521 g/mol. The van der Waals surface area contributed by atoms with Gasteiger partial charge in [0.1, 0.15) is 10.6 Å². The Balaban J connectivity index is 1.59. The monoisotopic (exact) mass is 520 g/mol. The Morgan fingerprint density at radius 1 is 0.921 bits per heavy atom. The number of carbonyl (C=O) groups is 1. The van der Waals surface area contributed by atoms with E-state index in [1.54, 1.807) is 48.1 Å². The van der Waals surface area contributed by atoms with E-state index in [0.29, 0.717) is 43.9 Å². The molecule has 0 unspecified atom stereocenters. The summed E-state index contributed by atoms with van der Waals surface area (Å²) in [5.41, 5.74) is 2.38. The van der Waals surface area contributed by atoms with Crippen LogP contribution in [0.1, 0.15) is 10.6 Å². The maximum Gasteiger partial charge on any atom is 0.293 e. The van der Waals surface area contributed by atoms with Gasteiger partial charge in [-0.15, -0.1) is 0 Å². The summed E-state index contributed by atoms with van der Waals surface area (Å²) in [6.07, 6.45) is 1.43. The molecule has 0 bridgehead atoms. The van der Waals surface area contributed by atoms with Gasteiger partial charge in [0.2, 0.25) is 0 Å². The summed E-state index contributed by atoms with van der Waals surface area (Å²) in [4.78, 5) is 36.9. The van der Waals surface area contributed by atoms with Crippen molar-refractivity contribution in [1.82, 2.24) is 14.5 Å². The van der Waals surface area contributed by atoms with Gasteiger partial charge in [0.15, 0.2) is 16.7 Å². The number of rotatable bonds is 6. The zero-order chi connectivity index (χ0) is 26.1. The highest BCUT2D eigenvalue weighted by Crippen LogP contribution is 2.39. The van der Waals surface area contributed by atoms with Crippen LogP contribution in [0, 0.1) is 0 Å². The van der Waals surface area contributed by atoms with E-state index >= 15 is 0 Å². The van der Waals surface area contributed by atoms with Crippen molar-refractivity contribution < 1.29 is 13.9 Å². The van der Waals surface area contributed by atoms with Gasteiger partial charge in [-0.3, -0.25) is 19.5 Å². The molecule has 0 saturated carbocycles. The van der Waals surface area contributed by atoms with Crippen molar-refractivity contribution in [2.24, 2.45) is 0 Å². The lowest BCUT2D eigenvalue weighted by molar-refractivity contribution is 0.0996. The molecule has 0 radical (unpaired) electrons. The minimum Gasteiger partial charge on any atom is -0.497 e. The van der Waals surface area contributed by atoms with Crippen LogP contribution in [-0.4, -0.2) is 27.6 Å². The second-order valence-corrected chi connectivity index (χ2v) is 9.28. The lowest BCUT2D eigenvalue weighted by Gasteiger charge is -2.14. The SMILES string of the molecule is COc1ccc(-n2c(-c3sc(NC(=O)c4ccco4)nc3-c3ccccc3)nc3ccccc3c2=O)cc1. The highest BCUT2D eigenvalue weighted by Gasteiger charge is 2.23.